The van der Waals surface area contributed by atoms with Crippen molar-refractivity contribution in [2.24, 2.45) is 5.10 Å². The fraction of sp³-hybridized carbons (Fsp3) is 0.133. The molecule has 2 aromatic rings. The van der Waals surface area contributed by atoms with Crippen LogP contribution in [0.3, 0.4) is 0 Å². The number of amides is 2. The van der Waals surface area contributed by atoms with Crippen molar-refractivity contribution >= 4 is 35.1 Å². The molecular formula is C15H15N3O3S. The number of anilines is 1. The van der Waals surface area contributed by atoms with Gasteiger partial charge in [-0.1, -0.05) is 6.07 Å². The van der Waals surface area contributed by atoms with Crippen molar-refractivity contribution in [3.05, 3.63) is 46.7 Å². The van der Waals surface area contributed by atoms with E-state index < -0.39 is 11.8 Å². The van der Waals surface area contributed by atoms with E-state index in [4.69, 9.17) is 4.74 Å². The number of nitrogens with zero attached hydrogens (tertiary/aromatic N) is 1. The highest BCUT2D eigenvalue weighted by atomic mass is 32.1. The van der Waals surface area contributed by atoms with E-state index >= 15 is 0 Å². The normalized spacial score (nSPS) is 10.4. The Labute approximate surface area is 131 Å². The molecule has 2 rings (SSSR count). The summed E-state index contributed by atoms with van der Waals surface area (Å²) in [6, 6.07) is 10.5. The minimum Gasteiger partial charge on any atom is -0.494 e. The van der Waals surface area contributed by atoms with Crippen LogP contribution < -0.4 is 15.5 Å². The minimum atomic E-state index is -0.832. The highest BCUT2D eigenvalue weighted by Gasteiger charge is 2.12. The van der Waals surface area contributed by atoms with Gasteiger partial charge in [-0.25, -0.2) is 5.43 Å². The number of carbonyl (C=O) groups excluding carboxylic acids is 2. The molecule has 0 aliphatic heterocycles. The fourth-order valence-corrected chi connectivity index (χ4v) is 2.14. The van der Waals surface area contributed by atoms with Gasteiger partial charge in [-0.05, 0) is 42.6 Å². The highest BCUT2D eigenvalue weighted by Crippen LogP contribution is 2.15. The Morgan fingerprint density at radius 2 is 2.00 bits per heavy atom. The highest BCUT2D eigenvalue weighted by molar-refractivity contribution is 7.11. The van der Waals surface area contributed by atoms with E-state index in [0.717, 1.165) is 4.88 Å². The molecule has 1 aromatic heterocycles. The van der Waals surface area contributed by atoms with Crippen LogP contribution in [-0.4, -0.2) is 24.6 Å². The van der Waals surface area contributed by atoms with Crippen molar-refractivity contribution in [3.8, 4) is 5.75 Å². The van der Waals surface area contributed by atoms with E-state index in [0.29, 0.717) is 18.0 Å². The third-order valence-electron chi connectivity index (χ3n) is 2.53. The van der Waals surface area contributed by atoms with Crippen LogP contribution in [-0.2, 0) is 9.59 Å². The molecule has 0 atom stereocenters. The number of rotatable bonds is 5. The second-order valence-electron chi connectivity index (χ2n) is 4.13. The average molecular weight is 317 g/mol. The third kappa shape index (κ3) is 4.71. The summed E-state index contributed by atoms with van der Waals surface area (Å²) in [4.78, 5) is 24.2. The molecule has 6 nitrogen and oxygen atoms in total. The van der Waals surface area contributed by atoms with Crippen molar-refractivity contribution in [3.63, 3.8) is 0 Å². The molecule has 0 fully saturated rings. The summed E-state index contributed by atoms with van der Waals surface area (Å²) in [6.07, 6.45) is 1.48. The number of hydrazone groups is 1. The predicted molar refractivity (Wildman–Crippen MR) is 86.3 cm³/mol. The number of hydrogen-bond acceptors (Lipinski definition) is 5. The van der Waals surface area contributed by atoms with E-state index in [1.54, 1.807) is 24.3 Å². The molecule has 2 amide bonds. The van der Waals surface area contributed by atoms with E-state index in [-0.39, 0.29) is 0 Å². The smallest absolute Gasteiger partial charge is 0.329 e. The van der Waals surface area contributed by atoms with Gasteiger partial charge in [-0.15, -0.1) is 11.3 Å². The second-order valence-corrected chi connectivity index (χ2v) is 5.11. The van der Waals surface area contributed by atoms with E-state index in [1.807, 2.05) is 24.4 Å². The van der Waals surface area contributed by atoms with Crippen LogP contribution in [0.15, 0.2) is 46.9 Å². The van der Waals surface area contributed by atoms with Gasteiger partial charge in [0, 0.05) is 10.6 Å². The van der Waals surface area contributed by atoms with Crippen LogP contribution in [0.25, 0.3) is 0 Å². The second kappa shape index (κ2) is 7.94. The van der Waals surface area contributed by atoms with Crippen molar-refractivity contribution in [1.29, 1.82) is 0 Å². The van der Waals surface area contributed by atoms with Crippen LogP contribution in [0, 0.1) is 0 Å². The van der Waals surface area contributed by atoms with E-state index in [9.17, 15) is 9.59 Å². The summed E-state index contributed by atoms with van der Waals surface area (Å²) in [7, 11) is 0. The molecule has 0 unspecified atom stereocenters. The van der Waals surface area contributed by atoms with Crippen LogP contribution in [0.1, 0.15) is 11.8 Å². The Hall–Kier alpha value is -2.67. The lowest BCUT2D eigenvalue weighted by atomic mass is 10.3. The summed E-state index contributed by atoms with van der Waals surface area (Å²) in [5.74, 6) is -0.917. The Morgan fingerprint density at radius 1 is 1.23 bits per heavy atom. The van der Waals surface area contributed by atoms with E-state index in [2.05, 4.69) is 15.8 Å². The van der Waals surface area contributed by atoms with Crippen molar-refractivity contribution < 1.29 is 14.3 Å². The molecule has 0 spiro atoms. The van der Waals surface area contributed by atoms with Crippen molar-refractivity contribution in [2.45, 2.75) is 6.92 Å². The number of thiophene rings is 1. The Kier molecular flexibility index (Phi) is 5.67. The Morgan fingerprint density at radius 3 is 2.64 bits per heavy atom. The van der Waals surface area contributed by atoms with Crippen molar-refractivity contribution in [2.75, 3.05) is 11.9 Å². The number of nitrogens with one attached hydrogen (secondary N) is 2. The monoisotopic (exact) mass is 317 g/mol. The van der Waals surface area contributed by atoms with Gasteiger partial charge in [0.05, 0.1) is 12.8 Å². The van der Waals surface area contributed by atoms with Gasteiger partial charge in [0.25, 0.3) is 0 Å². The SMILES string of the molecule is CCOc1ccc(NC(=O)C(=O)N/N=C/c2cccs2)cc1. The van der Waals surface area contributed by atoms with Crippen LogP contribution in [0.5, 0.6) is 5.75 Å². The number of hydrogen-bond donors (Lipinski definition) is 2. The lowest BCUT2D eigenvalue weighted by molar-refractivity contribution is -0.136. The largest absolute Gasteiger partial charge is 0.494 e. The average Bonchev–Trinajstić information content (AvgIpc) is 3.02. The Bertz CT molecular complexity index is 651. The maximum atomic E-state index is 11.7. The standard InChI is InChI=1S/C15H15N3O3S/c1-2-21-12-7-5-11(6-8-12)17-14(19)15(20)18-16-10-13-4-3-9-22-13/h3-10H,2H2,1H3,(H,17,19)(H,18,20)/b16-10+. The summed E-state index contributed by atoms with van der Waals surface area (Å²) in [6.45, 7) is 2.45. The fourth-order valence-electron chi connectivity index (χ4n) is 1.56. The molecular weight excluding hydrogens is 302 g/mol. The summed E-state index contributed by atoms with van der Waals surface area (Å²) >= 11 is 1.48. The lowest BCUT2D eigenvalue weighted by Gasteiger charge is -2.06. The van der Waals surface area contributed by atoms with E-state index in [1.165, 1.54) is 17.6 Å². The molecule has 114 valence electrons. The number of benzene rings is 1. The van der Waals surface area contributed by atoms with Crippen LogP contribution >= 0.6 is 11.3 Å². The lowest BCUT2D eigenvalue weighted by Crippen LogP contribution is -2.32. The van der Waals surface area contributed by atoms with Gasteiger partial charge in [-0.2, -0.15) is 5.10 Å². The molecule has 1 heterocycles. The van der Waals surface area contributed by atoms with Gasteiger partial charge < -0.3 is 10.1 Å². The molecule has 0 bridgehead atoms. The predicted octanol–water partition coefficient (Wildman–Crippen LogP) is 2.24. The van der Waals surface area contributed by atoms with Crippen molar-refractivity contribution in [1.82, 2.24) is 5.43 Å². The molecule has 0 saturated heterocycles. The molecule has 0 aliphatic rings. The zero-order chi connectivity index (χ0) is 15.8. The van der Waals surface area contributed by atoms with Gasteiger partial charge in [0.1, 0.15) is 5.75 Å². The molecule has 7 heteroatoms. The van der Waals surface area contributed by atoms with Gasteiger partial charge in [0.15, 0.2) is 0 Å². The summed E-state index contributed by atoms with van der Waals surface area (Å²) < 4.78 is 5.29. The topological polar surface area (TPSA) is 79.8 Å². The summed E-state index contributed by atoms with van der Waals surface area (Å²) in [5, 5.41) is 8.09. The summed E-state index contributed by atoms with van der Waals surface area (Å²) in [5.41, 5.74) is 2.68. The maximum absolute atomic E-state index is 11.7. The molecule has 0 radical (unpaired) electrons. The molecule has 2 N–H and O–H groups in total. The minimum absolute atomic E-state index is 0.505. The Balaban J connectivity index is 1.84. The number of ether oxygens (including phenoxy) is 1. The molecule has 0 aliphatic carbocycles. The van der Waals surface area contributed by atoms with Crippen LogP contribution in [0.4, 0.5) is 5.69 Å². The first-order chi connectivity index (χ1) is 10.7. The zero-order valence-electron chi connectivity index (χ0n) is 11.9. The zero-order valence-corrected chi connectivity index (χ0v) is 12.7. The molecule has 22 heavy (non-hydrogen) atoms. The molecule has 0 saturated carbocycles. The number of carbonyl (C=O) groups is 2. The quantitative estimate of drug-likeness (QED) is 0.504. The van der Waals surface area contributed by atoms with Gasteiger partial charge in [0.2, 0.25) is 0 Å². The first-order valence-corrected chi connectivity index (χ1v) is 7.47. The first-order valence-electron chi connectivity index (χ1n) is 6.60. The molecule has 1 aromatic carbocycles. The first kappa shape index (κ1) is 15.7. The maximum Gasteiger partial charge on any atom is 0.329 e. The van der Waals surface area contributed by atoms with Gasteiger partial charge in [-0.3, -0.25) is 9.59 Å². The third-order valence-corrected chi connectivity index (χ3v) is 3.34. The van der Waals surface area contributed by atoms with Crippen LogP contribution in [0.2, 0.25) is 0 Å². The van der Waals surface area contributed by atoms with Gasteiger partial charge >= 0.3 is 11.8 Å².